The van der Waals surface area contributed by atoms with Crippen LogP contribution in [0.3, 0.4) is 0 Å². The van der Waals surface area contributed by atoms with E-state index in [1.54, 1.807) is 0 Å². The normalized spacial score (nSPS) is 25.4. The van der Waals surface area contributed by atoms with Crippen molar-refractivity contribution in [1.82, 2.24) is 0 Å². The van der Waals surface area contributed by atoms with Crippen molar-refractivity contribution in [3.8, 4) is 5.75 Å². The molecule has 0 aliphatic heterocycles. The molecule has 192 valence electrons. The predicted molar refractivity (Wildman–Crippen MR) is 133 cm³/mol. The monoisotopic (exact) mass is 498 g/mol. The van der Waals surface area contributed by atoms with Crippen molar-refractivity contribution in [3.63, 3.8) is 0 Å². The van der Waals surface area contributed by atoms with E-state index in [-0.39, 0.29) is 34.3 Å². The van der Waals surface area contributed by atoms with Gasteiger partial charge in [-0.3, -0.25) is 4.79 Å². The minimum absolute atomic E-state index is 0.0897. The van der Waals surface area contributed by atoms with E-state index in [0.717, 1.165) is 43.6 Å². The number of hydrogen-bond acceptors (Lipinski definition) is 3. The summed E-state index contributed by atoms with van der Waals surface area (Å²) in [5, 5.41) is 0. The first-order valence-electron chi connectivity index (χ1n) is 13.4. The van der Waals surface area contributed by atoms with Crippen LogP contribution in [0.15, 0.2) is 23.1 Å². The van der Waals surface area contributed by atoms with Gasteiger partial charge in [0.25, 0.3) is 5.76 Å². The van der Waals surface area contributed by atoms with Gasteiger partial charge >= 0.3 is 5.97 Å². The summed E-state index contributed by atoms with van der Waals surface area (Å²) in [4.78, 5) is 12.4. The van der Waals surface area contributed by atoms with Crippen LogP contribution >= 0.6 is 11.8 Å². The van der Waals surface area contributed by atoms with Crippen LogP contribution < -0.4 is 4.74 Å². The molecule has 1 aromatic rings. The van der Waals surface area contributed by atoms with Crippen LogP contribution in [-0.2, 0) is 4.79 Å². The number of carbonyl (C=O) groups excluding carboxylic acids is 1. The van der Waals surface area contributed by atoms with Crippen molar-refractivity contribution in [1.29, 1.82) is 0 Å². The molecule has 0 radical (unpaired) electrons. The molecule has 2 aliphatic carbocycles. The maximum absolute atomic E-state index is 14.0. The zero-order valence-electron chi connectivity index (χ0n) is 20.6. The molecule has 0 saturated heterocycles. The predicted octanol–water partition coefficient (Wildman–Crippen LogP) is 9.41. The second kappa shape index (κ2) is 14.4. The first-order chi connectivity index (χ1) is 16.5. The Bertz CT molecular complexity index is 741. The topological polar surface area (TPSA) is 26.3 Å². The molecule has 0 spiro atoms. The Labute approximate surface area is 207 Å². The zero-order valence-corrected chi connectivity index (χ0v) is 21.4. The number of hydrogen-bond donors (Lipinski definition) is 0. The third-order valence-corrected chi connectivity index (χ3v) is 8.73. The van der Waals surface area contributed by atoms with Crippen LogP contribution in [0.5, 0.6) is 5.75 Å². The van der Waals surface area contributed by atoms with Gasteiger partial charge in [0.05, 0.1) is 5.92 Å². The molecule has 0 heterocycles. The summed E-state index contributed by atoms with van der Waals surface area (Å²) in [6.07, 6.45) is 18.8. The van der Waals surface area contributed by atoms with E-state index < -0.39 is 11.6 Å². The fraction of sp³-hybridized carbons (Fsp3) is 0.750. The Morgan fingerprint density at radius 1 is 0.941 bits per heavy atom. The third-order valence-electron chi connectivity index (χ3n) is 7.97. The standard InChI is InChI=1S/C28H41F3O2S/c1-2-3-4-5-6-7-8-20-9-11-21(12-10-20)22-13-15-23(16-14-22)27(32)33-24-17-18-26(25(29)19-24)34-28(30)31/h17-23,28H,2-16H2,1H3/t20-,21-,22-,23-. The van der Waals surface area contributed by atoms with E-state index in [1.807, 2.05) is 0 Å². The van der Waals surface area contributed by atoms with E-state index in [1.165, 1.54) is 82.8 Å². The van der Waals surface area contributed by atoms with Crippen LogP contribution in [0, 0.1) is 29.5 Å². The summed E-state index contributed by atoms with van der Waals surface area (Å²) in [6.45, 7) is 2.26. The summed E-state index contributed by atoms with van der Waals surface area (Å²) in [5.74, 6) is -1.44. The number of thioether (sulfide) groups is 1. The van der Waals surface area contributed by atoms with E-state index in [4.69, 9.17) is 4.74 Å². The van der Waals surface area contributed by atoms with E-state index in [0.29, 0.717) is 5.92 Å². The smallest absolute Gasteiger partial charge is 0.314 e. The third kappa shape index (κ3) is 8.80. The number of halogens is 3. The van der Waals surface area contributed by atoms with Gasteiger partial charge < -0.3 is 4.74 Å². The van der Waals surface area contributed by atoms with Gasteiger partial charge in [0, 0.05) is 11.0 Å². The van der Waals surface area contributed by atoms with Crippen molar-refractivity contribution in [2.24, 2.45) is 23.7 Å². The maximum atomic E-state index is 14.0. The molecule has 0 amide bonds. The summed E-state index contributed by atoms with van der Waals surface area (Å²) < 4.78 is 44.3. The second-order valence-electron chi connectivity index (χ2n) is 10.3. The first kappa shape index (κ1) is 27.4. The van der Waals surface area contributed by atoms with E-state index in [9.17, 15) is 18.0 Å². The van der Waals surface area contributed by atoms with Crippen molar-refractivity contribution < 1.29 is 22.7 Å². The van der Waals surface area contributed by atoms with Crippen LogP contribution in [-0.4, -0.2) is 11.7 Å². The lowest BCUT2D eigenvalue weighted by molar-refractivity contribution is -0.140. The molecule has 2 fully saturated rings. The van der Waals surface area contributed by atoms with Gasteiger partial charge in [-0.1, -0.05) is 76.5 Å². The Hall–Kier alpha value is -1.17. The highest BCUT2D eigenvalue weighted by Crippen LogP contribution is 2.42. The van der Waals surface area contributed by atoms with E-state index >= 15 is 0 Å². The fourth-order valence-electron chi connectivity index (χ4n) is 5.92. The van der Waals surface area contributed by atoms with Gasteiger partial charge in [-0.05, 0) is 68.4 Å². The van der Waals surface area contributed by atoms with Crippen molar-refractivity contribution in [2.75, 3.05) is 0 Å². The number of unbranched alkanes of at least 4 members (excludes halogenated alkanes) is 5. The zero-order chi connectivity index (χ0) is 24.3. The fourth-order valence-corrected chi connectivity index (χ4v) is 6.43. The molecule has 1 aromatic carbocycles. The molecule has 0 bridgehead atoms. The molecule has 3 rings (SSSR count). The minimum Gasteiger partial charge on any atom is -0.426 e. The summed E-state index contributed by atoms with van der Waals surface area (Å²) in [7, 11) is 0. The molecule has 34 heavy (non-hydrogen) atoms. The molecule has 0 unspecified atom stereocenters. The van der Waals surface area contributed by atoms with Gasteiger partial charge in [-0.25, -0.2) is 4.39 Å². The lowest BCUT2D eigenvalue weighted by Gasteiger charge is -2.37. The molecule has 0 aromatic heterocycles. The summed E-state index contributed by atoms with van der Waals surface area (Å²) in [5.41, 5.74) is 0. The van der Waals surface area contributed by atoms with Gasteiger partial charge in [0.2, 0.25) is 0 Å². The quantitative estimate of drug-likeness (QED) is 0.124. The van der Waals surface area contributed by atoms with Gasteiger partial charge in [0.15, 0.2) is 0 Å². The lowest BCUT2D eigenvalue weighted by atomic mass is 9.68. The number of ether oxygens (including phenoxy) is 1. The molecule has 0 N–H and O–H groups in total. The molecule has 2 aliphatic rings. The number of esters is 1. The van der Waals surface area contributed by atoms with Crippen molar-refractivity contribution >= 4 is 17.7 Å². The summed E-state index contributed by atoms with van der Waals surface area (Å²) >= 11 is 0.153. The van der Waals surface area contributed by atoms with E-state index in [2.05, 4.69) is 6.92 Å². The lowest BCUT2D eigenvalue weighted by Crippen LogP contribution is -2.30. The van der Waals surface area contributed by atoms with Crippen LogP contribution in [0.1, 0.15) is 103 Å². The average Bonchev–Trinajstić information content (AvgIpc) is 2.83. The van der Waals surface area contributed by atoms with Crippen LogP contribution in [0.4, 0.5) is 13.2 Å². The Morgan fingerprint density at radius 2 is 1.56 bits per heavy atom. The molecule has 2 saturated carbocycles. The molecule has 2 nitrogen and oxygen atoms in total. The maximum Gasteiger partial charge on any atom is 0.314 e. The Morgan fingerprint density at radius 3 is 2.18 bits per heavy atom. The van der Waals surface area contributed by atoms with Crippen molar-refractivity contribution in [3.05, 3.63) is 24.0 Å². The number of rotatable bonds is 12. The highest BCUT2D eigenvalue weighted by Gasteiger charge is 2.33. The largest absolute Gasteiger partial charge is 0.426 e. The Kier molecular flexibility index (Phi) is 11.6. The highest BCUT2D eigenvalue weighted by atomic mass is 32.2. The number of alkyl halides is 2. The first-order valence-corrected chi connectivity index (χ1v) is 14.3. The molecule has 6 heteroatoms. The second-order valence-corrected chi connectivity index (χ2v) is 11.4. The Balaban J connectivity index is 1.34. The minimum atomic E-state index is -2.69. The number of benzene rings is 1. The SMILES string of the molecule is CCCCCCCC[C@H]1CC[C@H]([C@H]2CC[C@H](C(=O)Oc3ccc(SC(F)F)c(F)c3)CC2)CC1. The van der Waals surface area contributed by atoms with Crippen LogP contribution in [0.25, 0.3) is 0 Å². The van der Waals surface area contributed by atoms with Crippen LogP contribution in [0.2, 0.25) is 0 Å². The molecular formula is C28H41F3O2S. The van der Waals surface area contributed by atoms with Gasteiger partial charge in [0.1, 0.15) is 11.6 Å². The molecular weight excluding hydrogens is 457 g/mol. The van der Waals surface area contributed by atoms with Gasteiger partial charge in [-0.2, -0.15) is 8.78 Å². The summed E-state index contributed by atoms with van der Waals surface area (Å²) in [6, 6.07) is 3.66. The molecule has 0 atom stereocenters. The highest BCUT2D eigenvalue weighted by molar-refractivity contribution is 7.99. The average molecular weight is 499 g/mol. The van der Waals surface area contributed by atoms with Gasteiger partial charge in [-0.15, -0.1) is 0 Å². The van der Waals surface area contributed by atoms with Crippen molar-refractivity contribution in [2.45, 2.75) is 114 Å². The number of carbonyl (C=O) groups is 1.